The van der Waals surface area contributed by atoms with Crippen LogP contribution in [-0.2, 0) is 9.59 Å². The Kier molecular flexibility index (Phi) is 6.35. The summed E-state index contributed by atoms with van der Waals surface area (Å²) in [6.07, 6.45) is 1.66. The molecular formula is C19H27FN2O2. The third-order valence-corrected chi connectivity index (χ3v) is 4.47. The van der Waals surface area contributed by atoms with Gasteiger partial charge in [0.2, 0.25) is 11.8 Å². The fourth-order valence-electron chi connectivity index (χ4n) is 3.32. The summed E-state index contributed by atoms with van der Waals surface area (Å²) < 4.78 is 13.5. The molecular weight excluding hydrogens is 307 g/mol. The van der Waals surface area contributed by atoms with E-state index in [1.165, 1.54) is 12.1 Å². The van der Waals surface area contributed by atoms with Crippen LogP contribution in [0, 0.1) is 17.7 Å². The van der Waals surface area contributed by atoms with Crippen LogP contribution >= 0.6 is 0 Å². The Hall–Kier alpha value is -1.91. The van der Waals surface area contributed by atoms with Gasteiger partial charge in [-0.25, -0.2) is 4.39 Å². The van der Waals surface area contributed by atoms with E-state index in [0.29, 0.717) is 31.3 Å². The van der Waals surface area contributed by atoms with Crippen molar-refractivity contribution in [3.05, 3.63) is 35.6 Å². The second-order valence-electron chi connectivity index (χ2n) is 7.05. The molecule has 1 saturated heterocycles. The molecule has 2 rings (SSSR count). The molecule has 1 fully saturated rings. The zero-order chi connectivity index (χ0) is 17.7. The highest BCUT2D eigenvalue weighted by molar-refractivity contribution is 5.79. The predicted octanol–water partition coefficient (Wildman–Crippen LogP) is 3.29. The number of nitrogens with zero attached hydrogens (tertiary/aromatic N) is 1. The van der Waals surface area contributed by atoms with E-state index in [1.807, 2.05) is 24.8 Å². The first-order valence-electron chi connectivity index (χ1n) is 8.70. The molecule has 1 aromatic rings. The average Bonchev–Trinajstić information content (AvgIpc) is 2.88. The van der Waals surface area contributed by atoms with Gasteiger partial charge in [-0.3, -0.25) is 9.59 Å². The fraction of sp³-hybridized carbons (Fsp3) is 0.579. The normalized spacial score (nSPS) is 20.5. The first-order chi connectivity index (χ1) is 11.4. The smallest absolute Gasteiger partial charge is 0.224 e. The molecule has 0 radical (unpaired) electrons. The summed E-state index contributed by atoms with van der Waals surface area (Å²) in [6.45, 7) is 7.10. The Morgan fingerprint density at radius 1 is 1.38 bits per heavy atom. The number of carbonyl (C=O) groups is 2. The van der Waals surface area contributed by atoms with Gasteiger partial charge in [-0.1, -0.05) is 32.9 Å². The first-order valence-corrected chi connectivity index (χ1v) is 8.70. The van der Waals surface area contributed by atoms with E-state index in [2.05, 4.69) is 12.2 Å². The van der Waals surface area contributed by atoms with Crippen LogP contribution < -0.4 is 5.32 Å². The fourth-order valence-corrected chi connectivity index (χ4v) is 3.32. The number of carbonyl (C=O) groups excluding carboxylic acids is 2. The quantitative estimate of drug-likeness (QED) is 0.868. The van der Waals surface area contributed by atoms with Crippen molar-refractivity contribution >= 4 is 11.8 Å². The lowest BCUT2D eigenvalue weighted by molar-refractivity contribution is -0.132. The molecule has 0 bridgehead atoms. The molecule has 0 aliphatic carbocycles. The van der Waals surface area contributed by atoms with Gasteiger partial charge in [0.05, 0.1) is 6.04 Å². The highest BCUT2D eigenvalue weighted by Gasteiger charge is 2.35. The zero-order valence-electron chi connectivity index (χ0n) is 14.7. The second kappa shape index (κ2) is 8.27. The molecule has 1 heterocycles. The van der Waals surface area contributed by atoms with Crippen molar-refractivity contribution < 1.29 is 14.0 Å². The summed E-state index contributed by atoms with van der Waals surface area (Å²) in [5.74, 6) is 0.316. The standard InChI is InChI=1S/C19H27FN2O2/c1-13(2)11-17(23)21-9-7-18(24)22-10-8-14(3)19(22)15-5-4-6-16(20)12-15/h4-6,12-14,19H,7-11H2,1-3H3,(H,21,23). The van der Waals surface area contributed by atoms with E-state index in [-0.39, 0.29) is 30.1 Å². The monoisotopic (exact) mass is 334 g/mol. The number of rotatable bonds is 6. The van der Waals surface area contributed by atoms with E-state index < -0.39 is 0 Å². The minimum atomic E-state index is -0.278. The molecule has 2 unspecified atom stereocenters. The number of hydrogen-bond acceptors (Lipinski definition) is 2. The van der Waals surface area contributed by atoms with Crippen LogP contribution in [0.3, 0.4) is 0 Å². The summed E-state index contributed by atoms with van der Waals surface area (Å²) >= 11 is 0. The Morgan fingerprint density at radius 3 is 2.79 bits per heavy atom. The second-order valence-corrected chi connectivity index (χ2v) is 7.05. The molecule has 5 heteroatoms. The van der Waals surface area contributed by atoms with Crippen molar-refractivity contribution in [2.75, 3.05) is 13.1 Å². The maximum Gasteiger partial charge on any atom is 0.224 e. The SMILES string of the molecule is CC(C)CC(=O)NCCC(=O)N1CCC(C)C1c1cccc(F)c1. The van der Waals surface area contributed by atoms with Crippen molar-refractivity contribution in [1.29, 1.82) is 0 Å². The molecule has 24 heavy (non-hydrogen) atoms. The number of likely N-dealkylation sites (tertiary alicyclic amines) is 1. The molecule has 1 N–H and O–H groups in total. The Balaban J connectivity index is 1.94. The van der Waals surface area contributed by atoms with E-state index in [9.17, 15) is 14.0 Å². The zero-order valence-corrected chi connectivity index (χ0v) is 14.7. The molecule has 1 aromatic carbocycles. The largest absolute Gasteiger partial charge is 0.356 e. The summed E-state index contributed by atoms with van der Waals surface area (Å²) in [5, 5.41) is 2.80. The van der Waals surface area contributed by atoms with Gasteiger partial charge in [0.1, 0.15) is 5.82 Å². The van der Waals surface area contributed by atoms with Crippen LogP contribution in [0.25, 0.3) is 0 Å². The van der Waals surface area contributed by atoms with Crippen LogP contribution in [-0.4, -0.2) is 29.8 Å². The van der Waals surface area contributed by atoms with Gasteiger partial charge >= 0.3 is 0 Å². The Labute approximate surface area is 143 Å². The lowest BCUT2D eigenvalue weighted by Gasteiger charge is -2.27. The van der Waals surface area contributed by atoms with Crippen molar-refractivity contribution in [2.45, 2.75) is 46.1 Å². The van der Waals surface area contributed by atoms with E-state index in [1.54, 1.807) is 6.07 Å². The molecule has 132 valence electrons. The van der Waals surface area contributed by atoms with Crippen molar-refractivity contribution in [3.63, 3.8) is 0 Å². The summed E-state index contributed by atoms with van der Waals surface area (Å²) in [7, 11) is 0. The van der Waals surface area contributed by atoms with Crippen molar-refractivity contribution in [2.24, 2.45) is 11.8 Å². The number of amides is 2. The lowest BCUT2D eigenvalue weighted by Crippen LogP contribution is -2.35. The molecule has 1 aliphatic heterocycles. The van der Waals surface area contributed by atoms with Gasteiger partial charge in [0, 0.05) is 25.9 Å². The third-order valence-electron chi connectivity index (χ3n) is 4.47. The molecule has 1 aliphatic rings. The maximum absolute atomic E-state index is 13.5. The summed E-state index contributed by atoms with van der Waals surface area (Å²) in [6, 6.07) is 6.40. The Bertz CT molecular complexity index is 588. The molecule has 2 atom stereocenters. The van der Waals surface area contributed by atoms with Crippen LogP contribution in [0.4, 0.5) is 4.39 Å². The predicted molar refractivity (Wildman–Crippen MR) is 91.7 cm³/mol. The van der Waals surface area contributed by atoms with Crippen molar-refractivity contribution in [3.8, 4) is 0 Å². The van der Waals surface area contributed by atoms with E-state index >= 15 is 0 Å². The van der Waals surface area contributed by atoms with E-state index in [4.69, 9.17) is 0 Å². The highest BCUT2D eigenvalue weighted by atomic mass is 19.1. The minimum Gasteiger partial charge on any atom is -0.356 e. The molecule has 2 amide bonds. The summed E-state index contributed by atoms with van der Waals surface area (Å²) in [4.78, 5) is 26.0. The van der Waals surface area contributed by atoms with Gasteiger partial charge < -0.3 is 10.2 Å². The molecule has 0 saturated carbocycles. The van der Waals surface area contributed by atoms with Crippen LogP contribution in [0.15, 0.2) is 24.3 Å². The number of halogens is 1. The topological polar surface area (TPSA) is 49.4 Å². The summed E-state index contributed by atoms with van der Waals surface area (Å²) in [5.41, 5.74) is 0.845. The Morgan fingerprint density at radius 2 is 2.12 bits per heavy atom. The minimum absolute atomic E-state index is 0.0125. The van der Waals surface area contributed by atoms with Gasteiger partial charge in [0.25, 0.3) is 0 Å². The number of nitrogens with one attached hydrogen (secondary N) is 1. The number of benzene rings is 1. The van der Waals surface area contributed by atoms with Gasteiger partial charge in [-0.05, 0) is 36.0 Å². The van der Waals surface area contributed by atoms with Crippen molar-refractivity contribution in [1.82, 2.24) is 10.2 Å². The molecule has 0 aromatic heterocycles. The van der Waals surface area contributed by atoms with Crippen LogP contribution in [0.1, 0.15) is 51.6 Å². The first kappa shape index (κ1) is 18.4. The van der Waals surface area contributed by atoms with Gasteiger partial charge in [-0.15, -0.1) is 0 Å². The number of hydrogen-bond donors (Lipinski definition) is 1. The lowest BCUT2D eigenvalue weighted by atomic mass is 9.95. The van der Waals surface area contributed by atoms with Gasteiger partial charge in [0.15, 0.2) is 0 Å². The van der Waals surface area contributed by atoms with E-state index in [0.717, 1.165) is 12.0 Å². The molecule has 4 nitrogen and oxygen atoms in total. The molecule has 0 spiro atoms. The highest BCUT2D eigenvalue weighted by Crippen LogP contribution is 2.37. The third kappa shape index (κ3) is 4.79. The average molecular weight is 334 g/mol. The van der Waals surface area contributed by atoms with Crippen LogP contribution in [0.2, 0.25) is 0 Å². The van der Waals surface area contributed by atoms with Crippen LogP contribution in [0.5, 0.6) is 0 Å². The maximum atomic E-state index is 13.5. The van der Waals surface area contributed by atoms with Gasteiger partial charge in [-0.2, -0.15) is 0 Å².